The molecular weight excluding hydrogens is 531 g/mol. The van der Waals surface area contributed by atoms with Crippen LogP contribution in [0.5, 0.6) is 5.75 Å². The molecule has 4 rings (SSSR count). The van der Waals surface area contributed by atoms with Crippen molar-refractivity contribution in [3.05, 3.63) is 64.1 Å². The van der Waals surface area contributed by atoms with Crippen molar-refractivity contribution in [3.8, 4) is 5.75 Å². The number of halogens is 2. The number of hydrogen-bond acceptors (Lipinski definition) is 10. The van der Waals surface area contributed by atoms with Crippen molar-refractivity contribution >= 4 is 41.1 Å². The minimum Gasteiger partial charge on any atom is -0.480 e. The Morgan fingerprint density at radius 2 is 1.62 bits per heavy atom. The number of carbonyl (C=O) groups is 3. The summed E-state index contributed by atoms with van der Waals surface area (Å²) in [7, 11) is 0. The van der Waals surface area contributed by atoms with E-state index in [-0.39, 0.29) is 17.4 Å². The third kappa shape index (κ3) is 6.91. The van der Waals surface area contributed by atoms with Crippen LogP contribution in [0.15, 0.2) is 48.5 Å². The van der Waals surface area contributed by atoms with E-state index in [1.165, 1.54) is 26.0 Å². The van der Waals surface area contributed by atoms with Gasteiger partial charge in [-0.3, -0.25) is 9.59 Å². The average Bonchev–Trinajstić information content (AvgIpc) is 2.85. The molecule has 0 aromatic heterocycles. The van der Waals surface area contributed by atoms with E-state index < -0.39 is 61.5 Å². The summed E-state index contributed by atoms with van der Waals surface area (Å²) >= 11 is 11.9. The first-order chi connectivity index (χ1) is 17.7. The Kier molecular flexibility index (Phi) is 8.88. The molecule has 0 saturated carbocycles. The normalized spacial score (nSPS) is 26.9. The lowest BCUT2D eigenvalue weighted by Crippen LogP contribution is -2.64. The Hall–Kier alpha value is -2.89. The fourth-order valence-electron chi connectivity index (χ4n) is 3.96. The quantitative estimate of drug-likeness (QED) is 0.371. The number of carbonyl (C=O) groups excluding carboxylic acids is 3. The molecule has 1 unspecified atom stereocenters. The number of benzene rings is 2. The van der Waals surface area contributed by atoms with Crippen LogP contribution in [0.3, 0.4) is 0 Å². The Bertz CT molecular complexity index is 1130. The van der Waals surface area contributed by atoms with Crippen LogP contribution in [-0.4, -0.2) is 61.8 Å². The standard InChI is InChI=1S/C25H24Cl2O10/c1-13(28)33-22-21-19(11-32-24(37-21)15-6-4-3-5-7-15)35-25(23(22)34-14(2)29)36-20(30)12-31-18-9-8-16(26)10-17(18)27/h3-10,19,21-25H,11-12H2,1-2H3/t19-,21-,22+,23-,24?,25+/m1/s1. The van der Waals surface area contributed by atoms with Crippen LogP contribution in [-0.2, 0) is 42.8 Å². The van der Waals surface area contributed by atoms with E-state index in [9.17, 15) is 14.4 Å². The highest BCUT2D eigenvalue weighted by atomic mass is 35.5. The van der Waals surface area contributed by atoms with Gasteiger partial charge in [0, 0.05) is 24.4 Å². The van der Waals surface area contributed by atoms with Gasteiger partial charge >= 0.3 is 17.9 Å². The molecule has 0 bridgehead atoms. The summed E-state index contributed by atoms with van der Waals surface area (Å²) in [6, 6.07) is 13.6. The highest BCUT2D eigenvalue weighted by Crippen LogP contribution is 2.37. The maximum absolute atomic E-state index is 12.6. The molecule has 0 radical (unpaired) electrons. The van der Waals surface area contributed by atoms with Crippen molar-refractivity contribution in [2.24, 2.45) is 0 Å². The minimum absolute atomic E-state index is 0.0275. The Morgan fingerprint density at radius 3 is 2.30 bits per heavy atom. The van der Waals surface area contributed by atoms with Crippen molar-refractivity contribution in [3.63, 3.8) is 0 Å². The molecule has 12 heteroatoms. The van der Waals surface area contributed by atoms with Crippen LogP contribution in [0.2, 0.25) is 10.0 Å². The van der Waals surface area contributed by atoms with Gasteiger partial charge in [-0.05, 0) is 18.2 Å². The molecule has 0 N–H and O–H groups in total. The molecule has 2 aromatic carbocycles. The predicted octanol–water partition coefficient (Wildman–Crippen LogP) is 3.62. The lowest BCUT2D eigenvalue weighted by Gasteiger charge is -2.47. The van der Waals surface area contributed by atoms with Crippen LogP contribution in [0.25, 0.3) is 0 Å². The van der Waals surface area contributed by atoms with Crippen molar-refractivity contribution in [1.29, 1.82) is 0 Å². The summed E-state index contributed by atoms with van der Waals surface area (Å²) in [6.07, 6.45) is -6.38. The number of rotatable bonds is 7. The molecule has 0 amide bonds. The molecule has 2 aliphatic heterocycles. The molecule has 2 aliphatic rings. The van der Waals surface area contributed by atoms with E-state index in [2.05, 4.69) is 0 Å². The lowest BCUT2D eigenvalue weighted by molar-refractivity contribution is -0.357. The van der Waals surface area contributed by atoms with Crippen molar-refractivity contribution in [2.75, 3.05) is 13.2 Å². The molecule has 10 nitrogen and oxygen atoms in total. The summed E-state index contributed by atoms with van der Waals surface area (Å²) in [5.41, 5.74) is 0.734. The number of esters is 3. The van der Waals surface area contributed by atoms with Gasteiger partial charge in [0.05, 0.1) is 11.6 Å². The Balaban J connectivity index is 1.51. The van der Waals surface area contributed by atoms with Gasteiger partial charge in [-0.25, -0.2) is 4.79 Å². The molecule has 37 heavy (non-hydrogen) atoms. The highest BCUT2D eigenvalue weighted by molar-refractivity contribution is 6.35. The van der Waals surface area contributed by atoms with Crippen LogP contribution < -0.4 is 4.74 Å². The minimum atomic E-state index is -1.44. The van der Waals surface area contributed by atoms with Gasteiger partial charge in [0.1, 0.15) is 18.0 Å². The molecule has 6 atom stereocenters. The molecule has 198 valence electrons. The van der Waals surface area contributed by atoms with Crippen molar-refractivity contribution < 1.29 is 47.5 Å². The summed E-state index contributed by atoms with van der Waals surface area (Å²) in [6.45, 7) is 1.86. The summed E-state index contributed by atoms with van der Waals surface area (Å²) in [4.78, 5) is 36.5. The number of ether oxygens (including phenoxy) is 7. The highest BCUT2D eigenvalue weighted by Gasteiger charge is 2.54. The predicted molar refractivity (Wildman–Crippen MR) is 128 cm³/mol. The van der Waals surface area contributed by atoms with Gasteiger partial charge in [-0.2, -0.15) is 0 Å². The second kappa shape index (κ2) is 12.1. The Morgan fingerprint density at radius 1 is 0.919 bits per heavy atom. The van der Waals surface area contributed by atoms with Gasteiger partial charge in [0.25, 0.3) is 0 Å². The topological polar surface area (TPSA) is 116 Å². The van der Waals surface area contributed by atoms with E-state index in [0.29, 0.717) is 5.02 Å². The van der Waals surface area contributed by atoms with Gasteiger partial charge in [-0.1, -0.05) is 53.5 Å². The summed E-state index contributed by atoms with van der Waals surface area (Å²) < 4.78 is 39.5. The van der Waals surface area contributed by atoms with E-state index in [1.807, 2.05) is 30.3 Å². The maximum atomic E-state index is 12.6. The van der Waals surface area contributed by atoms with Crippen LogP contribution in [0.4, 0.5) is 0 Å². The fraction of sp³-hybridized carbons (Fsp3) is 0.400. The summed E-state index contributed by atoms with van der Waals surface area (Å²) in [5, 5.41) is 0.603. The number of hydrogen-bond donors (Lipinski definition) is 0. The molecule has 0 aliphatic carbocycles. The van der Waals surface area contributed by atoms with Gasteiger partial charge in [0.2, 0.25) is 12.4 Å². The van der Waals surface area contributed by atoms with Crippen LogP contribution in [0, 0.1) is 0 Å². The lowest BCUT2D eigenvalue weighted by atomic mass is 9.97. The maximum Gasteiger partial charge on any atom is 0.346 e. The SMILES string of the molecule is CC(=O)O[C@@H]1[C@@H](OC(C)=O)[C@H](OC(=O)COc2ccc(Cl)cc2Cl)O[C@@H]2COC(c3ccccc3)O[C@@H]12. The third-order valence-corrected chi connectivity index (χ3v) is 5.98. The summed E-state index contributed by atoms with van der Waals surface area (Å²) in [5.74, 6) is -2.00. The molecular formula is C25H24Cl2O10. The van der Waals surface area contributed by atoms with Crippen molar-refractivity contribution in [1.82, 2.24) is 0 Å². The zero-order chi connectivity index (χ0) is 26.5. The zero-order valence-electron chi connectivity index (χ0n) is 19.8. The van der Waals surface area contributed by atoms with E-state index in [1.54, 1.807) is 6.07 Å². The van der Waals surface area contributed by atoms with E-state index >= 15 is 0 Å². The van der Waals surface area contributed by atoms with Crippen molar-refractivity contribution in [2.45, 2.75) is 50.8 Å². The average molecular weight is 555 g/mol. The van der Waals surface area contributed by atoms with Gasteiger partial charge in [0.15, 0.2) is 19.0 Å². The Labute approximate surface area is 222 Å². The monoisotopic (exact) mass is 554 g/mol. The molecule has 0 spiro atoms. The largest absolute Gasteiger partial charge is 0.480 e. The first-order valence-electron chi connectivity index (χ1n) is 11.3. The van der Waals surface area contributed by atoms with E-state index in [0.717, 1.165) is 5.56 Å². The molecule has 2 fully saturated rings. The first-order valence-corrected chi connectivity index (χ1v) is 12.1. The molecule has 2 saturated heterocycles. The van der Waals surface area contributed by atoms with Gasteiger partial charge in [-0.15, -0.1) is 0 Å². The van der Waals surface area contributed by atoms with E-state index in [4.69, 9.17) is 56.4 Å². The second-order valence-electron chi connectivity index (χ2n) is 8.22. The smallest absolute Gasteiger partial charge is 0.346 e. The molecule has 2 heterocycles. The number of fused-ring (bicyclic) bond motifs is 1. The van der Waals surface area contributed by atoms with Gasteiger partial charge < -0.3 is 33.2 Å². The molecule has 2 aromatic rings. The zero-order valence-corrected chi connectivity index (χ0v) is 21.3. The second-order valence-corrected chi connectivity index (χ2v) is 9.06. The first kappa shape index (κ1) is 27.2. The third-order valence-electron chi connectivity index (χ3n) is 5.45. The van der Waals surface area contributed by atoms with Crippen LogP contribution >= 0.6 is 23.2 Å². The fourth-order valence-corrected chi connectivity index (χ4v) is 4.42. The van der Waals surface area contributed by atoms with Crippen LogP contribution in [0.1, 0.15) is 25.7 Å².